The van der Waals surface area contributed by atoms with Gasteiger partial charge in [0.25, 0.3) is 0 Å². The molecule has 4 nitrogen and oxygen atoms in total. The Morgan fingerprint density at radius 3 is 2.48 bits per heavy atom. The number of rotatable bonds is 5. The van der Waals surface area contributed by atoms with E-state index in [4.69, 9.17) is 0 Å². The molecule has 2 atom stereocenters. The summed E-state index contributed by atoms with van der Waals surface area (Å²) in [6, 6.07) is 10.3. The highest BCUT2D eigenvalue weighted by Crippen LogP contribution is 2.37. The van der Waals surface area contributed by atoms with Crippen LogP contribution in [-0.2, 0) is 9.59 Å². The van der Waals surface area contributed by atoms with E-state index in [0.717, 1.165) is 38.5 Å². The van der Waals surface area contributed by atoms with E-state index in [1.807, 2.05) is 23.1 Å². The Bertz CT molecular complexity index is 608. The summed E-state index contributed by atoms with van der Waals surface area (Å²) in [6.45, 7) is 4.65. The Hall–Kier alpha value is -2.10. The Morgan fingerprint density at radius 2 is 1.80 bits per heavy atom. The molecule has 25 heavy (non-hydrogen) atoms. The zero-order valence-corrected chi connectivity index (χ0v) is 14.8. The molecule has 3 rings (SSSR count). The van der Waals surface area contributed by atoms with Gasteiger partial charge < -0.3 is 10.2 Å². The fourth-order valence-electron chi connectivity index (χ4n) is 4.17. The van der Waals surface area contributed by atoms with Crippen LogP contribution in [0.3, 0.4) is 0 Å². The molecule has 1 aliphatic carbocycles. The van der Waals surface area contributed by atoms with E-state index in [1.165, 1.54) is 5.56 Å². The van der Waals surface area contributed by atoms with Gasteiger partial charge in [0, 0.05) is 19.0 Å². The van der Waals surface area contributed by atoms with Crippen LogP contribution in [0.2, 0.25) is 0 Å². The fraction of sp³-hybridized carbons (Fsp3) is 0.524. The van der Waals surface area contributed by atoms with Crippen molar-refractivity contribution < 1.29 is 9.59 Å². The second-order valence-corrected chi connectivity index (χ2v) is 7.21. The van der Waals surface area contributed by atoms with E-state index in [1.54, 1.807) is 6.08 Å². The number of carbonyl (C=O) groups is 2. The molecular weight excluding hydrogens is 312 g/mol. The second kappa shape index (κ2) is 8.32. The summed E-state index contributed by atoms with van der Waals surface area (Å²) in [4.78, 5) is 27.5. The predicted octanol–water partition coefficient (Wildman–Crippen LogP) is 3.46. The number of benzene rings is 1. The zero-order chi connectivity index (χ0) is 17.6. The van der Waals surface area contributed by atoms with Crippen LogP contribution < -0.4 is 5.32 Å². The SMILES string of the molecule is C=CCNC(=O)C1CCC(c2ccccc2)N(C(=O)C2CCCC2)C1. The highest BCUT2D eigenvalue weighted by atomic mass is 16.2. The van der Waals surface area contributed by atoms with Crippen molar-refractivity contribution in [2.24, 2.45) is 11.8 Å². The van der Waals surface area contributed by atoms with E-state index in [9.17, 15) is 9.59 Å². The van der Waals surface area contributed by atoms with Gasteiger partial charge in [-0.2, -0.15) is 0 Å². The van der Waals surface area contributed by atoms with Crippen molar-refractivity contribution in [2.75, 3.05) is 13.1 Å². The molecule has 2 aliphatic rings. The number of amides is 2. The van der Waals surface area contributed by atoms with Crippen LogP contribution in [0.1, 0.15) is 50.1 Å². The lowest BCUT2D eigenvalue weighted by molar-refractivity contribution is -0.142. The van der Waals surface area contributed by atoms with Gasteiger partial charge in [0.15, 0.2) is 0 Å². The first-order valence-corrected chi connectivity index (χ1v) is 9.44. The van der Waals surface area contributed by atoms with Gasteiger partial charge in [-0.05, 0) is 31.2 Å². The van der Waals surface area contributed by atoms with Crippen molar-refractivity contribution in [3.63, 3.8) is 0 Å². The molecule has 1 saturated heterocycles. The molecule has 2 fully saturated rings. The van der Waals surface area contributed by atoms with E-state index < -0.39 is 0 Å². The molecule has 0 spiro atoms. The second-order valence-electron chi connectivity index (χ2n) is 7.21. The van der Waals surface area contributed by atoms with Crippen LogP contribution in [0.25, 0.3) is 0 Å². The van der Waals surface area contributed by atoms with Crippen molar-refractivity contribution in [1.29, 1.82) is 0 Å². The molecule has 1 aliphatic heterocycles. The third-order valence-electron chi connectivity index (χ3n) is 5.55. The Morgan fingerprint density at radius 1 is 1.08 bits per heavy atom. The van der Waals surface area contributed by atoms with E-state index in [2.05, 4.69) is 24.0 Å². The van der Waals surface area contributed by atoms with E-state index >= 15 is 0 Å². The van der Waals surface area contributed by atoms with Crippen LogP contribution in [0.5, 0.6) is 0 Å². The molecule has 0 bridgehead atoms. The maximum atomic E-state index is 13.1. The molecule has 1 heterocycles. The number of hydrogen-bond donors (Lipinski definition) is 1. The van der Waals surface area contributed by atoms with Gasteiger partial charge in [0.2, 0.25) is 11.8 Å². The summed E-state index contributed by atoms with van der Waals surface area (Å²) < 4.78 is 0. The lowest BCUT2D eigenvalue weighted by atomic mass is 9.87. The molecule has 0 radical (unpaired) electrons. The average Bonchev–Trinajstić information content (AvgIpc) is 3.20. The summed E-state index contributed by atoms with van der Waals surface area (Å²) in [6.07, 6.45) is 7.61. The molecule has 4 heteroatoms. The van der Waals surface area contributed by atoms with Crippen LogP contribution >= 0.6 is 0 Å². The highest BCUT2D eigenvalue weighted by Gasteiger charge is 2.38. The molecule has 1 N–H and O–H groups in total. The highest BCUT2D eigenvalue weighted by molar-refractivity contribution is 5.83. The third kappa shape index (κ3) is 4.12. The van der Waals surface area contributed by atoms with Gasteiger partial charge in [-0.15, -0.1) is 6.58 Å². The first kappa shape index (κ1) is 17.7. The monoisotopic (exact) mass is 340 g/mol. The van der Waals surface area contributed by atoms with Crippen molar-refractivity contribution in [2.45, 2.75) is 44.6 Å². The standard InChI is InChI=1S/C21H28N2O2/c1-2-14-22-20(24)18-12-13-19(16-8-4-3-5-9-16)23(15-18)21(25)17-10-6-7-11-17/h2-5,8-9,17-19H,1,6-7,10-15H2,(H,22,24). The number of hydrogen-bond acceptors (Lipinski definition) is 2. The first-order valence-electron chi connectivity index (χ1n) is 9.44. The van der Waals surface area contributed by atoms with Gasteiger partial charge in [-0.25, -0.2) is 0 Å². The quantitative estimate of drug-likeness (QED) is 0.835. The summed E-state index contributed by atoms with van der Waals surface area (Å²) in [5.41, 5.74) is 1.18. The predicted molar refractivity (Wildman–Crippen MR) is 98.8 cm³/mol. The zero-order valence-electron chi connectivity index (χ0n) is 14.8. The summed E-state index contributed by atoms with van der Waals surface area (Å²) >= 11 is 0. The van der Waals surface area contributed by atoms with Crippen LogP contribution in [0.15, 0.2) is 43.0 Å². The average molecular weight is 340 g/mol. The maximum Gasteiger partial charge on any atom is 0.226 e. The third-order valence-corrected chi connectivity index (χ3v) is 5.55. The molecular formula is C21H28N2O2. The molecule has 1 aromatic carbocycles. The summed E-state index contributed by atoms with van der Waals surface area (Å²) in [7, 11) is 0. The minimum atomic E-state index is -0.120. The Labute approximate surface area is 150 Å². The van der Waals surface area contributed by atoms with E-state index in [0.29, 0.717) is 13.1 Å². The summed E-state index contributed by atoms with van der Waals surface area (Å²) in [5.74, 6) is 0.301. The minimum Gasteiger partial charge on any atom is -0.352 e. The normalized spacial score (nSPS) is 24.1. The Balaban J connectivity index is 1.78. The van der Waals surface area contributed by atoms with Crippen LogP contribution in [-0.4, -0.2) is 29.8 Å². The number of likely N-dealkylation sites (tertiary alicyclic amines) is 1. The first-order chi connectivity index (χ1) is 12.2. The van der Waals surface area contributed by atoms with Gasteiger partial charge >= 0.3 is 0 Å². The number of nitrogens with zero attached hydrogens (tertiary/aromatic N) is 1. The topological polar surface area (TPSA) is 49.4 Å². The number of piperidine rings is 1. The van der Waals surface area contributed by atoms with Crippen molar-refractivity contribution >= 4 is 11.8 Å². The fourth-order valence-corrected chi connectivity index (χ4v) is 4.17. The van der Waals surface area contributed by atoms with Crippen molar-refractivity contribution in [1.82, 2.24) is 10.2 Å². The molecule has 134 valence electrons. The summed E-state index contributed by atoms with van der Waals surface area (Å²) in [5, 5.41) is 2.89. The maximum absolute atomic E-state index is 13.1. The largest absolute Gasteiger partial charge is 0.352 e. The van der Waals surface area contributed by atoms with Gasteiger partial charge in [0.05, 0.1) is 12.0 Å². The van der Waals surface area contributed by atoms with Crippen molar-refractivity contribution in [3.05, 3.63) is 48.6 Å². The lowest BCUT2D eigenvalue weighted by Crippen LogP contribution is -2.48. The van der Waals surface area contributed by atoms with Gasteiger partial charge in [0.1, 0.15) is 0 Å². The molecule has 0 aromatic heterocycles. The van der Waals surface area contributed by atoms with Crippen LogP contribution in [0, 0.1) is 11.8 Å². The van der Waals surface area contributed by atoms with Crippen LogP contribution in [0.4, 0.5) is 0 Å². The van der Waals surface area contributed by atoms with Gasteiger partial charge in [-0.3, -0.25) is 9.59 Å². The van der Waals surface area contributed by atoms with E-state index in [-0.39, 0.29) is 29.7 Å². The molecule has 2 amide bonds. The number of nitrogens with one attached hydrogen (secondary N) is 1. The molecule has 2 unspecified atom stereocenters. The van der Waals surface area contributed by atoms with Gasteiger partial charge in [-0.1, -0.05) is 49.2 Å². The molecule has 1 saturated carbocycles. The Kier molecular flexibility index (Phi) is 5.90. The molecule has 1 aromatic rings. The number of carbonyl (C=O) groups excluding carboxylic acids is 2. The van der Waals surface area contributed by atoms with Crippen molar-refractivity contribution in [3.8, 4) is 0 Å². The minimum absolute atomic E-state index is 0.0376. The smallest absolute Gasteiger partial charge is 0.226 e. The lowest BCUT2D eigenvalue weighted by Gasteiger charge is -2.40.